The SMILES string of the molecule is O=C(CCc1ccccc1)O[C@@H]1CC=CC[C@H]1O. The fourth-order valence-corrected chi connectivity index (χ4v) is 2.02. The summed E-state index contributed by atoms with van der Waals surface area (Å²) in [5, 5.41) is 9.67. The summed E-state index contributed by atoms with van der Waals surface area (Å²) in [5.74, 6) is -0.238. The van der Waals surface area contributed by atoms with E-state index >= 15 is 0 Å². The van der Waals surface area contributed by atoms with Gasteiger partial charge >= 0.3 is 5.97 Å². The maximum absolute atomic E-state index is 11.7. The Morgan fingerprint density at radius 2 is 1.94 bits per heavy atom. The molecule has 1 aliphatic rings. The Labute approximate surface area is 107 Å². The highest BCUT2D eigenvalue weighted by atomic mass is 16.6. The first-order valence-electron chi connectivity index (χ1n) is 6.32. The Hall–Kier alpha value is -1.61. The van der Waals surface area contributed by atoms with Crippen molar-refractivity contribution >= 4 is 5.97 Å². The van der Waals surface area contributed by atoms with Crippen LogP contribution in [0.3, 0.4) is 0 Å². The molecule has 0 aromatic heterocycles. The number of hydrogen-bond acceptors (Lipinski definition) is 3. The normalized spacial score (nSPS) is 22.7. The second kappa shape index (κ2) is 6.36. The van der Waals surface area contributed by atoms with Gasteiger partial charge < -0.3 is 9.84 Å². The average Bonchev–Trinajstić information content (AvgIpc) is 2.40. The van der Waals surface area contributed by atoms with Gasteiger partial charge in [-0.15, -0.1) is 0 Å². The fourth-order valence-electron chi connectivity index (χ4n) is 2.02. The minimum absolute atomic E-state index is 0.238. The van der Waals surface area contributed by atoms with E-state index in [1.807, 2.05) is 42.5 Å². The van der Waals surface area contributed by atoms with Crippen molar-refractivity contribution in [2.75, 3.05) is 0 Å². The minimum atomic E-state index is -0.560. The first-order valence-corrected chi connectivity index (χ1v) is 6.32. The smallest absolute Gasteiger partial charge is 0.306 e. The van der Waals surface area contributed by atoms with Crippen LogP contribution in [0.5, 0.6) is 0 Å². The van der Waals surface area contributed by atoms with Gasteiger partial charge in [-0.1, -0.05) is 42.5 Å². The zero-order chi connectivity index (χ0) is 12.8. The molecule has 0 amide bonds. The predicted molar refractivity (Wildman–Crippen MR) is 69.0 cm³/mol. The van der Waals surface area contributed by atoms with Crippen molar-refractivity contribution < 1.29 is 14.6 Å². The van der Waals surface area contributed by atoms with Crippen LogP contribution >= 0.6 is 0 Å². The highest BCUT2D eigenvalue weighted by Crippen LogP contribution is 2.16. The van der Waals surface area contributed by atoms with Crippen molar-refractivity contribution in [1.29, 1.82) is 0 Å². The van der Waals surface area contributed by atoms with Crippen LogP contribution in [0.4, 0.5) is 0 Å². The summed E-state index contributed by atoms with van der Waals surface area (Å²) in [7, 11) is 0. The van der Waals surface area contributed by atoms with Gasteiger partial charge in [-0.2, -0.15) is 0 Å². The van der Waals surface area contributed by atoms with Crippen LogP contribution in [0.2, 0.25) is 0 Å². The molecule has 0 heterocycles. The van der Waals surface area contributed by atoms with Crippen molar-refractivity contribution in [1.82, 2.24) is 0 Å². The van der Waals surface area contributed by atoms with E-state index in [2.05, 4.69) is 0 Å². The lowest BCUT2D eigenvalue weighted by atomic mass is 10.0. The van der Waals surface area contributed by atoms with Gasteiger partial charge in [0, 0.05) is 12.8 Å². The Morgan fingerprint density at radius 3 is 2.67 bits per heavy atom. The van der Waals surface area contributed by atoms with Gasteiger partial charge in [-0.3, -0.25) is 4.79 Å². The number of ether oxygens (including phenoxy) is 1. The van der Waals surface area contributed by atoms with Crippen LogP contribution < -0.4 is 0 Å². The first kappa shape index (κ1) is 12.8. The number of carbonyl (C=O) groups excluding carboxylic acids is 1. The van der Waals surface area contributed by atoms with Gasteiger partial charge in [0.2, 0.25) is 0 Å². The molecule has 18 heavy (non-hydrogen) atoms. The van der Waals surface area contributed by atoms with Gasteiger partial charge in [0.1, 0.15) is 6.10 Å². The van der Waals surface area contributed by atoms with Crippen LogP contribution in [0.15, 0.2) is 42.5 Å². The molecule has 0 aliphatic heterocycles. The highest BCUT2D eigenvalue weighted by Gasteiger charge is 2.23. The second-order valence-electron chi connectivity index (χ2n) is 4.52. The summed E-state index contributed by atoms with van der Waals surface area (Å²) in [6.45, 7) is 0. The molecular formula is C15H18O3. The van der Waals surface area contributed by atoms with E-state index in [1.54, 1.807) is 0 Å². The number of aliphatic hydroxyl groups excluding tert-OH is 1. The summed E-state index contributed by atoms with van der Waals surface area (Å²) < 4.78 is 5.29. The predicted octanol–water partition coefficient (Wildman–Crippen LogP) is 2.24. The van der Waals surface area contributed by atoms with Crippen molar-refractivity contribution in [3.8, 4) is 0 Å². The molecule has 0 unspecified atom stereocenters. The summed E-state index contributed by atoms with van der Waals surface area (Å²) >= 11 is 0. The third-order valence-electron chi connectivity index (χ3n) is 3.09. The molecule has 0 radical (unpaired) electrons. The van der Waals surface area contributed by atoms with Gasteiger partial charge in [0.15, 0.2) is 0 Å². The summed E-state index contributed by atoms with van der Waals surface area (Å²) in [4.78, 5) is 11.7. The lowest BCUT2D eigenvalue weighted by Crippen LogP contribution is -2.32. The summed E-state index contributed by atoms with van der Waals surface area (Å²) in [6, 6.07) is 9.84. The molecule has 2 atom stereocenters. The lowest BCUT2D eigenvalue weighted by molar-refractivity contribution is -0.155. The third-order valence-corrected chi connectivity index (χ3v) is 3.09. The minimum Gasteiger partial charge on any atom is -0.459 e. The third kappa shape index (κ3) is 3.70. The number of aryl methyl sites for hydroxylation is 1. The molecule has 0 bridgehead atoms. The van der Waals surface area contributed by atoms with Crippen molar-refractivity contribution in [2.24, 2.45) is 0 Å². The van der Waals surface area contributed by atoms with Crippen LogP contribution in [-0.2, 0) is 16.0 Å². The molecule has 1 aromatic rings. The Morgan fingerprint density at radius 1 is 1.22 bits per heavy atom. The maximum Gasteiger partial charge on any atom is 0.306 e. The lowest BCUT2D eigenvalue weighted by Gasteiger charge is -2.24. The topological polar surface area (TPSA) is 46.5 Å². The number of benzene rings is 1. The Balaban J connectivity index is 1.77. The van der Waals surface area contributed by atoms with Gasteiger partial charge in [-0.25, -0.2) is 0 Å². The fraction of sp³-hybridized carbons (Fsp3) is 0.400. The molecule has 1 N–H and O–H groups in total. The molecule has 1 aliphatic carbocycles. The molecule has 3 nitrogen and oxygen atoms in total. The molecule has 0 saturated carbocycles. The molecular weight excluding hydrogens is 228 g/mol. The number of rotatable bonds is 4. The first-order chi connectivity index (χ1) is 8.75. The summed E-state index contributed by atoms with van der Waals surface area (Å²) in [6.07, 6.45) is 5.14. The zero-order valence-electron chi connectivity index (χ0n) is 10.3. The van der Waals surface area contributed by atoms with Crippen LogP contribution in [0.1, 0.15) is 24.8 Å². The largest absolute Gasteiger partial charge is 0.459 e. The molecule has 96 valence electrons. The second-order valence-corrected chi connectivity index (χ2v) is 4.52. The van der Waals surface area contributed by atoms with E-state index in [1.165, 1.54) is 0 Å². The number of aliphatic hydroxyl groups is 1. The van der Waals surface area contributed by atoms with E-state index in [4.69, 9.17) is 4.74 Å². The number of hydrogen-bond donors (Lipinski definition) is 1. The molecule has 0 spiro atoms. The van der Waals surface area contributed by atoms with E-state index in [-0.39, 0.29) is 12.1 Å². The van der Waals surface area contributed by atoms with Crippen LogP contribution in [-0.4, -0.2) is 23.3 Å². The maximum atomic E-state index is 11.7. The number of esters is 1. The van der Waals surface area contributed by atoms with Crippen molar-refractivity contribution in [3.05, 3.63) is 48.0 Å². The molecule has 0 saturated heterocycles. The van der Waals surface area contributed by atoms with E-state index < -0.39 is 6.10 Å². The molecule has 0 fully saturated rings. The van der Waals surface area contributed by atoms with Gasteiger partial charge in [0.05, 0.1) is 6.10 Å². The quantitative estimate of drug-likeness (QED) is 0.654. The average molecular weight is 246 g/mol. The molecule has 1 aromatic carbocycles. The Kier molecular flexibility index (Phi) is 4.53. The van der Waals surface area contributed by atoms with Crippen molar-refractivity contribution in [3.63, 3.8) is 0 Å². The van der Waals surface area contributed by atoms with E-state index in [9.17, 15) is 9.90 Å². The molecule has 3 heteroatoms. The zero-order valence-corrected chi connectivity index (χ0v) is 10.3. The summed E-state index contributed by atoms with van der Waals surface area (Å²) in [5.41, 5.74) is 1.12. The van der Waals surface area contributed by atoms with E-state index in [0.29, 0.717) is 25.7 Å². The van der Waals surface area contributed by atoms with Crippen LogP contribution in [0, 0.1) is 0 Å². The van der Waals surface area contributed by atoms with Gasteiger partial charge in [0.25, 0.3) is 0 Å². The van der Waals surface area contributed by atoms with E-state index in [0.717, 1.165) is 5.56 Å². The van der Waals surface area contributed by atoms with Crippen LogP contribution in [0.25, 0.3) is 0 Å². The van der Waals surface area contributed by atoms with Crippen molar-refractivity contribution in [2.45, 2.75) is 37.9 Å². The van der Waals surface area contributed by atoms with Gasteiger partial charge in [-0.05, 0) is 18.4 Å². The Bertz CT molecular complexity index is 411. The molecule has 2 rings (SSSR count). The highest BCUT2D eigenvalue weighted by molar-refractivity contribution is 5.70. The monoisotopic (exact) mass is 246 g/mol. The number of carbonyl (C=O) groups is 1. The standard InChI is InChI=1S/C15H18O3/c16-13-8-4-5-9-14(13)18-15(17)11-10-12-6-2-1-3-7-12/h1-7,13-14,16H,8-11H2/t13-,14-/m1/s1.